The summed E-state index contributed by atoms with van der Waals surface area (Å²) >= 11 is 5.26. The maximum atomic E-state index is 5.26. The van der Waals surface area contributed by atoms with Crippen molar-refractivity contribution in [2.24, 2.45) is 11.0 Å². The molecule has 1 aliphatic carbocycles. The molecule has 102 valence electrons. The summed E-state index contributed by atoms with van der Waals surface area (Å²) in [6.07, 6.45) is 4.64. The predicted molar refractivity (Wildman–Crippen MR) is 85.6 cm³/mol. The van der Waals surface area contributed by atoms with Crippen LogP contribution in [0.4, 0.5) is 5.69 Å². The van der Waals surface area contributed by atoms with Crippen LogP contribution in [0.15, 0.2) is 29.4 Å². The summed E-state index contributed by atoms with van der Waals surface area (Å²) in [6.45, 7) is 4.36. The molecule has 19 heavy (non-hydrogen) atoms. The standard InChI is InChI=1S/C15H21N3S/c1-11-7-9-13(10-8-11)17-18-15(19)16-14-6-4-3-5-12(14)2/h3-6,11H,7-10H2,1-2H3,(H2,16,18,19). The minimum Gasteiger partial charge on any atom is -0.331 e. The minimum absolute atomic E-state index is 0.556. The zero-order valence-corrected chi connectivity index (χ0v) is 12.4. The van der Waals surface area contributed by atoms with Crippen LogP contribution in [0.2, 0.25) is 0 Å². The Morgan fingerprint density at radius 1 is 1.26 bits per heavy atom. The summed E-state index contributed by atoms with van der Waals surface area (Å²) in [6, 6.07) is 8.07. The number of hydrogen-bond donors (Lipinski definition) is 2. The third-order valence-electron chi connectivity index (χ3n) is 3.56. The maximum absolute atomic E-state index is 5.26. The summed E-state index contributed by atoms with van der Waals surface area (Å²) < 4.78 is 0. The smallest absolute Gasteiger partial charge is 0.191 e. The number of para-hydroxylation sites is 1. The lowest BCUT2D eigenvalue weighted by Crippen LogP contribution is -2.26. The Hall–Kier alpha value is -1.42. The molecule has 0 spiro atoms. The number of hydrogen-bond acceptors (Lipinski definition) is 2. The molecular formula is C15H21N3S. The average Bonchev–Trinajstić information content (AvgIpc) is 2.41. The zero-order chi connectivity index (χ0) is 13.7. The van der Waals surface area contributed by atoms with Crippen molar-refractivity contribution in [2.75, 3.05) is 5.32 Å². The van der Waals surface area contributed by atoms with Gasteiger partial charge in [-0.05, 0) is 62.4 Å². The van der Waals surface area contributed by atoms with E-state index in [1.807, 2.05) is 18.2 Å². The van der Waals surface area contributed by atoms with Gasteiger partial charge in [0.05, 0.1) is 0 Å². The van der Waals surface area contributed by atoms with Crippen molar-refractivity contribution in [3.05, 3.63) is 29.8 Å². The molecule has 3 nitrogen and oxygen atoms in total. The Morgan fingerprint density at radius 2 is 1.95 bits per heavy atom. The van der Waals surface area contributed by atoms with E-state index in [1.54, 1.807) is 0 Å². The molecule has 0 unspecified atom stereocenters. The highest BCUT2D eigenvalue weighted by Gasteiger charge is 2.13. The van der Waals surface area contributed by atoms with Crippen LogP contribution in [0.1, 0.15) is 38.2 Å². The molecule has 0 atom stereocenters. The van der Waals surface area contributed by atoms with Crippen molar-refractivity contribution in [3.63, 3.8) is 0 Å². The van der Waals surface area contributed by atoms with E-state index in [1.165, 1.54) is 24.1 Å². The summed E-state index contributed by atoms with van der Waals surface area (Å²) in [7, 11) is 0. The van der Waals surface area contributed by atoms with Gasteiger partial charge < -0.3 is 5.32 Å². The van der Waals surface area contributed by atoms with Crippen molar-refractivity contribution in [1.29, 1.82) is 0 Å². The lowest BCUT2D eigenvalue weighted by Gasteiger charge is -2.19. The van der Waals surface area contributed by atoms with Crippen LogP contribution in [0.5, 0.6) is 0 Å². The highest BCUT2D eigenvalue weighted by Crippen LogP contribution is 2.21. The third kappa shape index (κ3) is 4.31. The highest BCUT2D eigenvalue weighted by atomic mass is 32.1. The minimum atomic E-state index is 0.556. The number of rotatable bonds is 2. The van der Waals surface area contributed by atoms with Gasteiger partial charge in [0.2, 0.25) is 0 Å². The SMILES string of the molecule is Cc1ccccc1NC(=S)NN=C1CCC(C)CC1. The van der Waals surface area contributed by atoms with E-state index in [2.05, 4.69) is 35.8 Å². The molecule has 2 N–H and O–H groups in total. The molecule has 0 saturated heterocycles. The average molecular weight is 275 g/mol. The van der Waals surface area contributed by atoms with E-state index >= 15 is 0 Å². The Kier molecular flexibility index (Phi) is 4.91. The molecular weight excluding hydrogens is 254 g/mol. The van der Waals surface area contributed by atoms with Crippen molar-refractivity contribution in [2.45, 2.75) is 39.5 Å². The molecule has 0 radical (unpaired) electrons. The number of thiocarbonyl (C=S) groups is 1. The van der Waals surface area contributed by atoms with Gasteiger partial charge in [-0.1, -0.05) is 25.1 Å². The van der Waals surface area contributed by atoms with Crippen LogP contribution in [-0.2, 0) is 0 Å². The molecule has 0 heterocycles. The lowest BCUT2D eigenvalue weighted by molar-refractivity contribution is 0.482. The van der Waals surface area contributed by atoms with Crippen LogP contribution < -0.4 is 10.7 Å². The molecule has 4 heteroatoms. The number of nitrogens with zero attached hydrogens (tertiary/aromatic N) is 1. The molecule has 2 rings (SSSR count). The van der Waals surface area contributed by atoms with Gasteiger partial charge in [0.15, 0.2) is 5.11 Å². The van der Waals surface area contributed by atoms with Crippen molar-refractivity contribution >= 4 is 28.7 Å². The maximum Gasteiger partial charge on any atom is 0.191 e. The van der Waals surface area contributed by atoms with Crippen molar-refractivity contribution in [3.8, 4) is 0 Å². The fourth-order valence-corrected chi connectivity index (χ4v) is 2.36. The molecule has 0 amide bonds. The molecule has 0 bridgehead atoms. The second-order valence-corrected chi connectivity index (χ2v) is 5.65. The first-order valence-electron chi connectivity index (χ1n) is 6.83. The van der Waals surface area contributed by atoms with E-state index in [0.29, 0.717) is 5.11 Å². The Morgan fingerprint density at radius 3 is 2.63 bits per heavy atom. The molecule has 1 aromatic carbocycles. The molecule has 0 aliphatic heterocycles. The Bertz CT molecular complexity index is 472. The molecule has 1 saturated carbocycles. The number of anilines is 1. The van der Waals surface area contributed by atoms with Crippen LogP contribution in [-0.4, -0.2) is 10.8 Å². The summed E-state index contributed by atoms with van der Waals surface area (Å²) in [5, 5.41) is 8.13. The first-order valence-corrected chi connectivity index (χ1v) is 7.24. The summed E-state index contributed by atoms with van der Waals surface area (Å²) in [4.78, 5) is 0. The molecule has 1 aliphatic rings. The van der Waals surface area contributed by atoms with Gasteiger partial charge in [0.25, 0.3) is 0 Å². The first-order chi connectivity index (χ1) is 9.15. The van der Waals surface area contributed by atoms with Crippen molar-refractivity contribution < 1.29 is 0 Å². The highest BCUT2D eigenvalue weighted by molar-refractivity contribution is 7.80. The topological polar surface area (TPSA) is 36.4 Å². The molecule has 0 aromatic heterocycles. The Labute approximate surface area is 120 Å². The quantitative estimate of drug-likeness (QED) is 0.636. The van der Waals surface area contributed by atoms with Crippen LogP contribution >= 0.6 is 12.2 Å². The van der Waals surface area contributed by atoms with Gasteiger partial charge >= 0.3 is 0 Å². The van der Waals surface area contributed by atoms with Gasteiger partial charge in [0, 0.05) is 11.4 Å². The lowest BCUT2D eigenvalue weighted by atomic mass is 9.90. The van der Waals surface area contributed by atoms with E-state index in [4.69, 9.17) is 12.2 Å². The zero-order valence-electron chi connectivity index (χ0n) is 11.6. The summed E-state index contributed by atoms with van der Waals surface area (Å²) in [5.74, 6) is 0.830. The van der Waals surface area contributed by atoms with Gasteiger partial charge in [0.1, 0.15) is 0 Å². The normalized spacial score (nSPS) is 18.8. The second kappa shape index (κ2) is 6.66. The predicted octanol–water partition coefficient (Wildman–Crippen LogP) is 3.85. The molecule has 1 fully saturated rings. The first kappa shape index (κ1) is 14.0. The van der Waals surface area contributed by atoms with Gasteiger partial charge in [-0.2, -0.15) is 5.10 Å². The van der Waals surface area contributed by atoms with E-state index in [-0.39, 0.29) is 0 Å². The Balaban J connectivity index is 1.85. The van der Waals surface area contributed by atoms with Crippen LogP contribution in [0, 0.1) is 12.8 Å². The van der Waals surface area contributed by atoms with Crippen LogP contribution in [0.3, 0.4) is 0 Å². The summed E-state index contributed by atoms with van der Waals surface area (Å²) in [5.41, 5.74) is 6.38. The fraction of sp³-hybridized carbons (Fsp3) is 0.467. The van der Waals surface area contributed by atoms with E-state index in [0.717, 1.165) is 24.4 Å². The number of nitrogens with one attached hydrogen (secondary N) is 2. The monoisotopic (exact) mass is 275 g/mol. The largest absolute Gasteiger partial charge is 0.331 e. The van der Waals surface area contributed by atoms with Gasteiger partial charge in [-0.15, -0.1) is 0 Å². The molecule has 1 aromatic rings. The van der Waals surface area contributed by atoms with E-state index in [9.17, 15) is 0 Å². The third-order valence-corrected chi connectivity index (χ3v) is 3.75. The van der Waals surface area contributed by atoms with Gasteiger partial charge in [-0.3, -0.25) is 5.43 Å². The van der Waals surface area contributed by atoms with Crippen LogP contribution in [0.25, 0.3) is 0 Å². The number of hydrazone groups is 1. The fourth-order valence-electron chi connectivity index (χ4n) is 2.20. The number of benzene rings is 1. The second-order valence-electron chi connectivity index (χ2n) is 5.24. The van der Waals surface area contributed by atoms with Gasteiger partial charge in [-0.25, -0.2) is 0 Å². The van der Waals surface area contributed by atoms with Crippen molar-refractivity contribution in [1.82, 2.24) is 5.43 Å². The number of aryl methyl sites for hydroxylation is 1. The van der Waals surface area contributed by atoms with E-state index < -0.39 is 0 Å².